The molecule has 0 saturated carbocycles. The minimum absolute atomic E-state index is 0.0895. The van der Waals surface area contributed by atoms with Crippen LogP contribution >= 0.6 is 23.5 Å². The fourth-order valence-corrected chi connectivity index (χ4v) is 11.3. The molecule has 1 aliphatic heterocycles. The van der Waals surface area contributed by atoms with E-state index in [1.54, 1.807) is 0 Å². The number of nitrogens with zero attached hydrogens (tertiary/aromatic N) is 2. The van der Waals surface area contributed by atoms with Crippen LogP contribution in [0.25, 0.3) is 33.4 Å². The van der Waals surface area contributed by atoms with Gasteiger partial charge in [-0.05, 0) is 148 Å². The van der Waals surface area contributed by atoms with Crippen LogP contribution in [0.1, 0.15) is 25.0 Å². The Morgan fingerprint density at radius 2 is 0.705 bits per heavy atom. The molecule has 0 bridgehead atoms. The number of anilines is 6. The summed E-state index contributed by atoms with van der Waals surface area (Å²) in [5.41, 5.74) is 16.8. The molecule has 61 heavy (non-hydrogen) atoms. The molecule has 11 rings (SSSR count). The lowest BCUT2D eigenvalue weighted by Gasteiger charge is -2.28. The molecule has 9 aromatic rings. The Kier molecular flexibility index (Phi) is 9.41. The smallest absolute Gasteiger partial charge is 0.0467 e. The number of hydrogen-bond acceptors (Lipinski definition) is 4. The topological polar surface area (TPSA) is 6.48 Å². The van der Waals surface area contributed by atoms with Crippen LogP contribution in [0.5, 0.6) is 0 Å². The molecule has 9 aromatic carbocycles. The Balaban J connectivity index is 0.987. The summed E-state index contributed by atoms with van der Waals surface area (Å²) in [5, 5.41) is 0. The van der Waals surface area contributed by atoms with Crippen LogP contribution in [0.4, 0.5) is 34.1 Å². The van der Waals surface area contributed by atoms with E-state index in [0.717, 1.165) is 34.1 Å². The van der Waals surface area contributed by atoms with Crippen LogP contribution in [-0.4, -0.2) is 0 Å². The van der Waals surface area contributed by atoms with Crippen molar-refractivity contribution in [1.29, 1.82) is 0 Å². The van der Waals surface area contributed by atoms with Gasteiger partial charge in [0.2, 0.25) is 0 Å². The van der Waals surface area contributed by atoms with Gasteiger partial charge in [0.1, 0.15) is 0 Å². The Bertz CT molecular complexity index is 2990. The molecule has 1 aliphatic carbocycles. The van der Waals surface area contributed by atoms with E-state index in [-0.39, 0.29) is 5.41 Å². The number of benzene rings is 9. The monoisotopic (exact) mass is 818 g/mol. The van der Waals surface area contributed by atoms with Gasteiger partial charge in [-0.1, -0.05) is 153 Å². The van der Waals surface area contributed by atoms with Crippen molar-refractivity contribution in [3.8, 4) is 33.4 Å². The van der Waals surface area contributed by atoms with Crippen molar-refractivity contribution in [3.05, 3.63) is 230 Å². The van der Waals surface area contributed by atoms with Gasteiger partial charge in [0, 0.05) is 59.1 Å². The second-order valence-corrected chi connectivity index (χ2v) is 18.4. The Labute approximate surface area is 367 Å². The van der Waals surface area contributed by atoms with Crippen molar-refractivity contribution in [2.24, 2.45) is 0 Å². The maximum atomic E-state index is 2.46. The minimum atomic E-state index is -0.0895. The molecule has 0 atom stereocenters. The fraction of sp³-hybridized carbons (Fsp3) is 0.0526. The van der Waals surface area contributed by atoms with Gasteiger partial charge < -0.3 is 9.80 Å². The van der Waals surface area contributed by atoms with E-state index < -0.39 is 0 Å². The van der Waals surface area contributed by atoms with Crippen LogP contribution in [0.15, 0.2) is 238 Å². The SMILES string of the molecule is CC1(C)c2ccc(-c3cccc(N(c4ccc(-c5ccccc5)cc4)c4ccc(N(c5ccccc5)c5ccccc5)cc4)c3)cc2-c2cc3c(cc21)Sc1ccccc1S3. The van der Waals surface area contributed by atoms with Crippen molar-refractivity contribution in [2.75, 3.05) is 9.80 Å². The Morgan fingerprint density at radius 1 is 0.295 bits per heavy atom. The van der Waals surface area contributed by atoms with E-state index >= 15 is 0 Å². The van der Waals surface area contributed by atoms with Crippen molar-refractivity contribution >= 4 is 57.6 Å². The number of para-hydroxylation sites is 2. The third-order valence-corrected chi connectivity index (χ3v) is 14.6. The first-order valence-electron chi connectivity index (χ1n) is 20.8. The zero-order chi connectivity index (χ0) is 40.9. The molecule has 292 valence electrons. The summed E-state index contributed by atoms with van der Waals surface area (Å²) in [4.78, 5) is 10.1. The van der Waals surface area contributed by atoms with Crippen LogP contribution in [-0.2, 0) is 5.41 Å². The summed E-state index contributed by atoms with van der Waals surface area (Å²) in [6.45, 7) is 4.76. The van der Waals surface area contributed by atoms with E-state index in [1.165, 1.54) is 64.1 Å². The van der Waals surface area contributed by atoms with Crippen molar-refractivity contribution < 1.29 is 0 Å². The molecule has 0 fully saturated rings. The molecule has 0 spiro atoms. The van der Waals surface area contributed by atoms with Gasteiger partial charge in [-0.25, -0.2) is 0 Å². The lowest BCUT2D eigenvalue weighted by molar-refractivity contribution is 0.657. The zero-order valence-corrected chi connectivity index (χ0v) is 35.6. The summed E-state index contributed by atoms with van der Waals surface area (Å²) >= 11 is 3.80. The van der Waals surface area contributed by atoms with Crippen molar-refractivity contribution in [2.45, 2.75) is 38.8 Å². The molecule has 0 radical (unpaired) electrons. The standard InChI is InChI=1S/C57H42N2S2/c1-57(2)51-34-27-42(36-49(51)50-37-55-56(38-52(50)57)61-54-24-13-12-23-53(54)60-55)41-17-14-22-48(35-41)59(45-28-25-40(26-29-45)39-15-6-3-7-16-39)47-32-30-46(31-33-47)58(43-18-8-4-9-19-43)44-20-10-5-11-21-44/h3-38H,1-2H3. The predicted molar refractivity (Wildman–Crippen MR) is 259 cm³/mol. The number of hydrogen-bond donors (Lipinski definition) is 0. The van der Waals surface area contributed by atoms with Crippen LogP contribution in [0.3, 0.4) is 0 Å². The first kappa shape index (κ1) is 37.3. The summed E-state index contributed by atoms with van der Waals surface area (Å²) < 4.78 is 0. The average molecular weight is 819 g/mol. The summed E-state index contributed by atoms with van der Waals surface area (Å²) in [6.07, 6.45) is 0. The number of rotatable bonds is 8. The Morgan fingerprint density at radius 3 is 1.31 bits per heavy atom. The summed E-state index contributed by atoms with van der Waals surface area (Å²) in [5.74, 6) is 0. The normalized spacial score (nSPS) is 13.1. The van der Waals surface area contributed by atoms with E-state index in [1.807, 2.05) is 23.5 Å². The largest absolute Gasteiger partial charge is 0.311 e. The first-order valence-corrected chi connectivity index (χ1v) is 22.5. The van der Waals surface area contributed by atoms with Crippen LogP contribution < -0.4 is 9.80 Å². The highest BCUT2D eigenvalue weighted by Crippen LogP contribution is 2.56. The first-order chi connectivity index (χ1) is 30.0. The zero-order valence-electron chi connectivity index (χ0n) is 34.0. The van der Waals surface area contributed by atoms with Gasteiger partial charge >= 0.3 is 0 Å². The highest BCUT2D eigenvalue weighted by Gasteiger charge is 2.37. The summed E-state index contributed by atoms with van der Waals surface area (Å²) in [7, 11) is 0. The van der Waals surface area contributed by atoms with Crippen LogP contribution in [0.2, 0.25) is 0 Å². The minimum Gasteiger partial charge on any atom is -0.311 e. The Hall–Kier alpha value is -6.72. The lowest BCUT2D eigenvalue weighted by atomic mass is 9.82. The van der Waals surface area contributed by atoms with Crippen LogP contribution in [0, 0.1) is 0 Å². The van der Waals surface area contributed by atoms with Gasteiger partial charge in [0.05, 0.1) is 0 Å². The van der Waals surface area contributed by atoms with E-state index in [9.17, 15) is 0 Å². The van der Waals surface area contributed by atoms with Gasteiger partial charge in [0.15, 0.2) is 0 Å². The van der Waals surface area contributed by atoms with Gasteiger partial charge in [-0.15, -0.1) is 0 Å². The highest BCUT2D eigenvalue weighted by atomic mass is 32.2. The van der Waals surface area contributed by atoms with Crippen molar-refractivity contribution in [1.82, 2.24) is 0 Å². The van der Waals surface area contributed by atoms with Gasteiger partial charge in [0.25, 0.3) is 0 Å². The molecule has 0 N–H and O–H groups in total. The molecule has 0 unspecified atom stereocenters. The van der Waals surface area contributed by atoms with Gasteiger partial charge in [-0.3, -0.25) is 0 Å². The molecular formula is C57H42N2S2. The second-order valence-electron chi connectivity index (χ2n) is 16.2. The predicted octanol–water partition coefficient (Wildman–Crippen LogP) is 16.9. The fourth-order valence-electron chi connectivity index (χ4n) is 9.01. The molecule has 1 heterocycles. The van der Waals surface area contributed by atoms with E-state index in [4.69, 9.17) is 0 Å². The quantitative estimate of drug-likeness (QED) is 0.151. The van der Waals surface area contributed by atoms with E-state index in [0.29, 0.717) is 0 Å². The number of fused-ring (bicyclic) bond motifs is 5. The molecular weight excluding hydrogens is 777 g/mol. The molecule has 2 nitrogen and oxygen atoms in total. The molecule has 4 heteroatoms. The second kappa shape index (κ2) is 15.4. The maximum Gasteiger partial charge on any atom is 0.0467 e. The van der Waals surface area contributed by atoms with Crippen molar-refractivity contribution in [3.63, 3.8) is 0 Å². The van der Waals surface area contributed by atoms with E-state index in [2.05, 4.69) is 242 Å². The molecule has 0 saturated heterocycles. The summed E-state index contributed by atoms with van der Waals surface area (Å²) in [6, 6.07) is 79.5. The van der Waals surface area contributed by atoms with Gasteiger partial charge in [-0.2, -0.15) is 0 Å². The molecule has 0 aromatic heterocycles. The molecule has 0 amide bonds. The average Bonchev–Trinajstić information content (AvgIpc) is 3.53. The molecule has 2 aliphatic rings. The maximum absolute atomic E-state index is 2.46. The third kappa shape index (κ3) is 6.82. The lowest BCUT2D eigenvalue weighted by Crippen LogP contribution is -2.15. The highest BCUT2D eigenvalue weighted by molar-refractivity contribution is 8.05. The third-order valence-electron chi connectivity index (χ3n) is 12.1.